The summed E-state index contributed by atoms with van der Waals surface area (Å²) in [6.07, 6.45) is 1.68. The van der Waals surface area contributed by atoms with Crippen LogP contribution in [0.25, 0.3) is 10.9 Å². The van der Waals surface area contributed by atoms with Gasteiger partial charge >= 0.3 is 0 Å². The summed E-state index contributed by atoms with van der Waals surface area (Å²) in [5, 5.41) is 8.62. The lowest BCUT2D eigenvalue weighted by Gasteiger charge is -2.11. The van der Waals surface area contributed by atoms with Crippen LogP contribution in [0.15, 0.2) is 48.7 Å². The lowest BCUT2D eigenvalue weighted by molar-refractivity contribution is -0.121. The van der Waals surface area contributed by atoms with E-state index in [0.29, 0.717) is 18.2 Å². The average Bonchev–Trinajstić information content (AvgIpc) is 2.99. The number of rotatable bonds is 6. The molecule has 1 aromatic heterocycles. The standard InChI is InChI=1S/C18H18ClN3O2/c1-2-24-17-9-4-3-6-13(17)10-20-18(23)12-22-16-8-5-7-15(19)14(16)11-21-22/h3-9,11H,2,10,12H2,1H3,(H,20,23). The quantitative estimate of drug-likeness (QED) is 0.746. The predicted octanol–water partition coefficient (Wildman–Crippen LogP) is 3.40. The van der Waals surface area contributed by atoms with Gasteiger partial charge in [-0.05, 0) is 25.1 Å². The maximum atomic E-state index is 12.2. The highest BCUT2D eigenvalue weighted by Crippen LogP contribution is 2.22. The van der Waals surface area contributed by atoms with Gasteiger partial charge in [-0.25, -0.2) is 0 Å². The number of hydrogen-bond acceptors (Lipinski definition) is 3. The number of carbonyl (C=O) groups is 1. The van der Waals surface area contributed by atoms with Crippen LogP contribution in [-0.2, 0) is 17.9 Å². The van der Waals surface area contributed by atoms with Gasteiger partial charge in [0, 0.05) is 17.5 Å². The van der Waals surface area contributed by atoms with Gasteiger partial charge in [0.05, 0.1) is 23.3 Å². The minimum atomic E-state index is -0.119. The Balaban J connectivity index is 1.67. The molecule has 0 aliphatic carbocycles. The van der Waals surface area contributed by atoms with Crippen molar-refractivity contribution in [2.75, 3.05) is 6.61 Å². The van der Waals surface area contributed by atoms with Gasteiger partial charge in [0.1, 0.15) is 12.3 Å². The molecule has 0 spiro atoms. The second-order valence-corrected chi connectivity index (χ2v) is 5.70. The smallest absolute Gasteiger partial charge is 0.242 e. The number of nitrogens with one attached hydrogen (secondary N) is 1. The fourth-order valence-electron chi connectivity index (χ4n) is 2.53. The van der Waals surface area contributed by atoms with Crippen molar-refractivity contribution in [1.82, 2.24) is 15.1 Å². The van der Waals surface area contributed by atoms with Crippen molar-refractivity contribution < 1.29 is 9.53 Å². The topological polar surface area (TPSA) is 56.1 Å². The number of carbonyl (C=O) groups excluding carboxylic acids is 1. The Hall–Kier alpha value is -2.53. The normalized spacial score (nSPS) is 10.8. The lowest BCUT2D eigenvalue weighted by Crippen LogP contribution is -2.27. The fraction of sp³-hybridized carbons (Fsp3) is 0.222. The van der Waals surface area contributed by atoms with Crippen molar-refractivity contribution in [2.24, 2.45) is 0 Å². The van der Waals surface area contributed by atoms with E-state index in [1.54, 1.807) is 16.9 Å². The van der Waals surface area contributed by atoms with Crippen LogP contribution in [0.1, 0.15) is 12.5 Å². The molecule has 0 aliphatic rings. The van der Waals surface area contributed by atoms with Crippen LogP contribution in [0, 0.1) is 0 Å². The molecule has 0 bridgehead atoms. The molecule has 6 heteroatoms. The summed E-state index contributed by atoms with van der Waals surface area (Å²) in [5.74, 6) is 0.669. The first-order valence-corrected chi connectivity index (χ1v) is 8.14. The van der Waals surface area contributed by atoms with E-state index in [-0.39, 0.29) is 12.5 Å². The molecule has 24 heavy (non-hydrogen) atoms. The first kappa shape index (κ1) is 16.3. The third-order valence-electron chi connectivity index (χ3n) is 3.68. The van der Waals surface area contributed by atoms with E-state index in [1.807, 2.05) is 43.3 Å². The number of nitrogens with zero attached hydrogens (tertiary/aromatic N) is 2. The summed E-state index contributed by atoms with van der Waals surface area (Å²) in [6, 6.07) is 13.2. The summed E-state index contributed by atoms with van der Waals surface area (Å²) >= 11 is 6.13. The van der Waals surface area contributed by atoms with Crippen LogP contribution < -0.4 is 10.1 Å². The second kappa shape index (κ2) is 7.36. The molecule has 124 valence electrons. The molecule has 3 rings (SSSR count). The van der Waals surface area contributed by atoms with Gasteiger partial charge in [0.15, 0.2) is 0 Å². The van der Waals surface area contributed by atoms with Crippen LogP contribution in [-0.4, -0.2) is 22.3 Å². The Labute approximate surface area is 145 Å². The number of para-hydroxylation sites is 1. The molecule has 0 fully saturated rings. The monoisotopic (exact) mass is 343 g/mol. The SMILES string of the molecule is CCOc1ccccc1CNC(=O)Cn1ncc2c(Cl)cccc21. The summed E-state index contributed by atoms with van der Waals surface area (Å²) in [5.41, 5.74) is 1.79. The van der Waals surface area contributed by atoms with Gasteiger partial charge in [-0.3, -0.25) is 9.48 Å². The molecule has 0 unspecified atom stereocenters. The van der Waals surface area contributed by atoms with Crippen molar-refractivity contribution in [3.8, 4) is 5.75 Å². The first-order chi connectivity index (χ1) is 11.7. The van der Waals surface area contributed by atoms with Gasteiger partial charge in [-0.1, -0.05) is 35.9 Å². The Bertz CT molecular complexity index is 860. The maximum absolute atomic E-state index is 12.2. The van der Waals surface area contributed by atoms with Crippen LogP contribution in [0.4, 0.5) is 0 Å². The molecule has 0 saturated heterocycles. The van der Waals surface area contributed by atoms with Crippen molar-refractivity contribution in [2.45, 2.75) is 20.0 Å². The second-order valence-electron chi connectivity index (χ2n) is 5.29. The minimum absolute atomic E-state index is 0.119. The number of benzene rings is 2. The largest absolute Gasteiger partial charge is 0.494 e. The van der Waals surface area contributed by atoms with Gasteiger partial charge in [0.2, 0.25) is 5.91 Å². The molecule has 0 saturated carbocycles. The van der Waals surface area contributed by atoms with E-state index in [2.05, 4.69) is 10.4 Å². The van der Waals surface area contributed by atoms with E-state index in [0.717, 1.165) is 22.2 Å². The number of aromatic nitrogens is 2. The van der Waals surface area contributed by atoms with E-state index in [4.69, 9.17) is 16.3 Å². The van der Waals surface area contributed by atoms with E-state index in [1.165, 1.54) is 0 Å². The van der Waals surface area contributed by atoms with Crippen molar-refractivity contribution in [3.05, 3.63) is 59.2 Å². The molecule has 1 N–H and O–H groups in total. The Morgan fingerprint density at radius 1 is 1.25 bits per heavy atom. The van der Waals surface area contributed by atoms with Crippen LogP contribution in [0.3, 0.4) is 0 Å². The van der Waals surface area contributed by atoms with Crippen molar-refractivity contribution in [1.29, 1.82) is 0 Å². The molecular weight excluding hydrogens is 326 g/mol. The van der Waals surface area contributed by atoms with Crippen LogP contribution in [0.5, 0.6) is 5.75 Å². The maximum Gasteiger partial charge on any atom is 0.242 e. The Morgan fingerprint density at radius 2 is 2.08 bits per heavy atom. The van der Waals surface area contributed by atoms with Gasteiger partial charge in [-0.2, -0.15) is 5.10 Å². The third-order valence-corrected chi connectivity index (χ3v) is 4.01. The van der Waals surface area contributed by atoms with E-state index in [9.17, 15) is 4.79 Å². The molecule has 1 heterocycles. The summed E-state index contributed by atoms with van der Waals surface area (Å²) in [6.45, 7) is 3.07. The van der Waals surface area contributed by atoms with Gasteiger partial charge < -0.3 is 10.1 Å². The van der Waals surface area contributed by atoms with Crippen molar-refractivity contribution in [3.63, 3.8) is 0 Å². The molecule has 3 aromatic rings. The number of hydrogen-bond donors (Lipinski definition) is 1. The number of halogens is 1. The lowest BCUT2D eigenvalue weighted by atomic mass is 10.2. The molecule has 2 aromatic carbocycles. The minimum Gasteiger partial charge on any atom is -0.494 e. The van der Waals surface area contributed by atoms with Gasteiger partial charge in [0.25, 0.3) is 0 Å². The molecule has 5 nitrogen and oxygen atoms in total. The number of ether oxygens (including phenoxy) is 1. The zero-order valence-electron chi connectivity index (χ0n) is 13.3. The Morgan fingerprint density at radius 3 is 2.92 bits per heavy atom. The fourth-order valence-corrected chi connectivity index (χ4v) is 2.74. The van der Waals surface area contributed by atoms with Crippen molar-refractivity contribution >= 4 is 28.4 Å². The molecule has 1 amide bonds. The molecule has 0 radical (unpaired) electrons. The third kappa shape index (κ3) is 3.51. The highest BCUT2D eigenvalue weighted by molar-refractivity contribution is 6.35. The highest BCUT2D eigenvalue weighted by atomic mass is 35.5. The number of amides is 1. The molecule has 0 atom stereocenters. The summed E-state index contributed by atoms with van der Waals surface area (Å²) in [4.78, 5) is 12.2. The summed E-state index contributed by atoms with van der Waals surface area (Å²) < 4.78 is 7.21. The number of fused-ring (bicyclic) bond motifs is 1. The van der Waals surface area contributed by atoms with E-state index >= 15 is 0 Å². The molecule has 0 aliphatic heterocycles. The first-order valence-electron chi connectivity index (χ1n) is 7.76. The van der Waals surface area contributed by atoms with Crippen LogP contribution in [0.2, 0.25) is 5.02 Å². The molecular formula is C18H18ClN3O2. The highest BCUT2D eigenvalue weighted by Gasteiger charge is 2.10. The van der Waals surface area contributed by atoms with E-state index < -0.39 is 0 Å². The van der Waals surface area contributed by atoms with Gasteiger partial charge in [-0.15, -0.1) is 0 Å². The zero-order valence-corrected chi connectivity index (χ0v) is 14.1. The van der Waals surface area contributed by atoms with Crippen LogP contribution >= 0.6 is 11.6 Å². The predicted molar refractivity (Wildman–Crippen MR) is 94.2 cm³/mol. The summed E-state index contributed by atoms with van der Waals surface area (Å²) in [7, 11) is 0. The zero-order chi connectivity index (χ0) is 16.9. The Kier molecular flexibility index (Phi) is 5.01. The average molecular weight is 344 g/mol.